The summed E-state index contributed by atoms with van der Waals surface area (Å²) in [5.74, 6) is 0. The van der Waals surface area contributed by atoms with Gasteiger partial charge in [0.1, 0.15) is 0 Å². The highest BCUT2D eigenvalue weighted by Gasteiger charge is 2.11. The first kappa shape index (κ1) is 15.8. The van der Waals surface area contributed by atoms with Crippen LogP contribution in [0.2, 0.25) is 0 Å². The molecule has 1 unspecified atom stereocenters. The summed E-state index contributed by atoms with van der Waals surface area (Å²) in [6.45, 7) is 6.83. The number of aliphatic hydroxyl groups is 1. The summed E-state index contributed by atoms with van der Waals surface area (Å²) < 4.78 is 0. The van der Waals surface area contributed by atoms with Crippen molar-refractivity contribution in [3.05, 3.63) is 0 Å². The summed E-state index contributed by atoms with van der Waals surface area (Å²) in [6, 6.07) is 0.402. The van der Waals surface area contributed by atoms with Crippen molar-refractivity contribution in [2.24, 2.45) is 0 Å². The fraction of sp³-hybridized carbons (Fsp3) is 1.00. The predicted molar refractivity (Wildman–Crippen MR) is 69.8 cm³/mol. The van der Waals surface area contributed by atoms with E-state index in [1.165, 1.54) is 6.42 Å². The molecule has 0 radical (unpaired) electrons. The number of hydrogen-bond donors (Lipinski definition) is 2. The lowest BCUT2D eigenvalue weighted by atomic mass is 10.2. The number of hydrogen-bond acceptors (Lipinski definition) is 4. The molecule has 16 heavy (non-hydrogen) atoms. The Morgan fingerprint density at radius 2 is 1.88 bits per heavy atom. The van der Waals surface area contributed by atoms with Gasteiger partial charge in [-0.05, 0) is 40.5 Å². The molecule has 0 aliphatic rings. The highest BCUT2D eigenvalue weighted by Crippen LogP contribution is 1.98. The molecule has 0 heterocycles. The van der Waals surface area contributed by atoms with Gasteiger partial charge < -0.3 is 20.2 Å². The molecule has 0 amide bonds. The Bertz CT molecular complexity index is 153. The van der Waals surface area contributed by atoms with Gasteiger partial charge in [-0.1, -0.05) is 6.92 Å². The summed E-state index contributed by atoms with van der Waals surface area (Å²) in [6.07, 6.45) is 2.02. The SMILES string of the molecule is CCCN(CCN(C)C)CC(CCO)NC. The number of aliphatic hydroxyl groups excluding tert-OH is 1. The summed E-state index contributed by atoms with van der Waals surface area (Å²) in [7, 11) is 6.18. The largest absolute Gasteiger partial charge is 0.396 e. The van der Waals surface area contributed by atoms with Crippen molar-refractivity contribution >= 4 is 0 Å². The van der Waals surface area contributed by atoms with Crippen LogP contribution in [0.4, 0.5) is 0 Å². The monoisotopic (exact) mass is 231 g/mol. The van der Waals surface area contributed by atoms with Crippen molar-refractivity contribution in [3.8, 4) is 0 Å². The molecule has 0 saturated heterocycles. The first-order valence-electron chi connectivity index (χ1n) is 6.29. The molecule has 2 N–H and O–H groups in total. The second kappa shape index (κ2) is 10.0. The molecule has 0 aliphatic carbocycles. The van der Waals surface area contributed by atoms with Gasteiger partial charge in [-0.3, -0.25) is 0 Å². The molecule has 1 atom stereocenters. The van der Waals surface area contributed by atoms with Crippen LogP contribution in [0.1, 0.15) is 19.8 Å². The van der Waals surface area contributed by atoms with Gasteiger partial charge in [-0.2, -0.15) is 0 Å². The van der Waals surface area contributed by atoms with E-state index in [1.807, 2.05) is 7.05 Å². The lowest BCUT2D eigenvalue weighted by molar-refractivity contribution is 0.198. The molecule has 4 heteroatoms. The average Bonchev–Trinajstić information content (AvgIpc) is 2.25. The summed E-state index contributed by atoms with van der Waals surface area (Å²) in [4.78, 5) is 4.68. The molecule has 0 aromatic carbocycles. The van der Waals surface area contributed by atoms with Gasteiger partial charge in [-0.25, -0.2) is 0 Å². The van der Waals surface area contributed by atoms with Crippen molar-refractivity contribution in [1.82, 2.24) is 15.1 Å². The molecule has 0 aromatic heterocycles. The van der Waals surface area contributed by atoms with Crippen molar-refractivity contribution in [3.63, 3.8) is 0 Å². The minimum Gasteiger partial charge on any atom is -0.396 e. The van der Waals surface area contributed by atoms with Gasteiger partial charge in [0.05, 0.1) is 0 Å². The standard InChI is InChI=1S/C12H29N3O/c1-5-7-15(9-8-14(3)4)11-12(13-2)6-10-16/h12-13,16H,5-11H2,1-4H3. The maximum atomic E-state index is 8.96. The van der Waals surface area contributed by atoms with E-state index in [-0.39, 0.29) is 6.61 Å². The average molecular weight is 231 g/mol. The van der Waals surface area contributed by atoms with E-state index in [2.05, 4.69) is 36.1 Å². The van der Waals surface area contributed by atoms with Gasteiger partial charge in [0, 0.05) is 32.3 Å². The third-order valence-electron chi connectivity index (χ3n) is 2.77. The summed E-state index contributed by atoms with van der Waals surface area (Å²) >= 11 is 0. The Morgan fingerprint density at radius 3 is 2.31 bits per heavy atom. The molecule has 0 fully saturated rings. The van der Waals surface area contributed by atoms with Crippen LogP contribution in [0.15, 0.2) is 0 Å². The van der Waals surface area contributed by atoms with Crippen LogP contribution in [0.3, 0.4) is 0 Å². The number of nitrogens with one attached hydrogen (secondary N) is 1. The van der Waals surface area contributed by atoms with Crippen molar-refractivity contribution in [2.75, 3.05) is 53.9 Å². The first-order chi connectivity index (χ1) is 7.63. The van der Waals surface area contributed by atoms with Crippen LogP contribution in [-0.4, -0.2) is 74.9 Å². The molecule has 98 valence electrons. The molecule has 0 rings (SSSR count). The van der Waals surface area contributed by atoms with E-state index in [0.717, 1.165) is 32.6 Å². The Kier molecular flexibility index (Phi) is 9.92. The Labute approximate surface area is 101 Å². The minimum atomic E-state index is 0.263. The zero-order chi connectivity index (χ0) is 12.4. The van der Waals surface area contributed by atoms with Gasteiger partial charge in [0.25, 0.3) is 0 Å². The zero-order valence-corrected chi connectivity index (χ0v) is 11.4. The second-order valence-electron chi connectivity index (χ2n) is 4.60. The number of rotatable bonds is 10. The van der Waals surface area contributed by atoms with Crippen molar-refractivity contribution < 1.29 is 5.11 Å². The van der Waals surface area contributed by atoms with Crippen molar-refractivity contribution in [2.45, 2.75) is 25.8 Å². The normalized spacial score (nSPS) is 13.7. The third-order valence-corrected chi connectivity index (χ3v) is 2.77. The van der Waals surface area contributed by atoms with Crippen LogP contribution in [0.25, 0.3) is 0 Å². The second-order valence-corrected chi connectivity index (χ2v) is 4.60. The lowest BCUT2D eigenvalue weighted by Gasteiger charge is -2.27. The van der Waals surface area contributed by atoms with E-state index in [4.69, 9.17) is 5.11 Å². The molecular weight excluding hydrogens is 202 g/mol. The molecule has 0 saturated carbocycles. The number of nitrogens with zero attached hydrogens (tertiary/aromatic N) is 2. The fourth-order valence-corrected chi connectivity index (χ4v) is 1.75. The summed E-state index contributed by atoms with van der Waals surface area (Å²) in [5, 5.41) is 12.2. The van der Waals surface area contributed by atoms with E-state index < -0.39 is 0 Å². The number of likely N-dealkylation sites (N-methyl/N-ethyl adjacent to an activating group) is 2. The minimum absolute atomic E-state index is 0.263. The molecular formula is C12H29N3O. The first-order valence-corrected chi connectivity index (χ1v) is 6.29. The maximum absolute atomic E-state index is 8.96. The lowest BCUT2D eigenvalue weighted by Crippen LogP contribution is -2.42. The van der Waals surface area contributed by atoms with Crippen LogP contribution >= 0.6 is 0 Å². The molecule has 0 aliphatic heterocycles. The highest BCUT2D eigenvalue weighted by molar-refractivity contribution is 4.71. The summed E-state index contributed by atoms with van der Waals surface area (Å²) in [5.41, 5.74) is 0. The van der Waals surface area contributed by atoms with Gasteiger partial charge in [-0.15, -0.1) is 0 Å². The fourth-order valence-electron chi connectivity index (χ4n) is 1.75. The Hall–Kier alpha value is -0.160. The van der Waals surface area contributed by atoms with Crippen LogP contribution < -0.4 is 5.32 Å². The highest BCUT2D eigenvalue weighted by atomic mass is 16.3. The maximum Gasteiger partial charge on any atom is 0.0446 e. The molecule has 0 bridgehead atoms. The quantitative estimate of drug-likeness (QED) is 0.564. The van der Waals surface area contributed by atoms with Crippen LogP contribution in [0.5, 0.6) is 0 Å². The van der Waals surface area contributed by atoms with Gasteiger partial charge in [0.2, 0.25) is 0 Å². The Morgan fingerprint density at radius 1 is 1.19 bits per heavy atom. The smallest absolute Gasteiger partial charge is 0.0446 e. The van der Waals surface area contributed by atoms with Crippen molar-refractivity contribution in [1.29, 1.82) is 0 Å². The predicted octanol–water partition coefficient (Wildman–Crippen LogP) is 0.230. The topological polar surface area (TPSA) is 38.7 Å². The van der Waals surface area contributed by atoms with Gasteiger partial charge in [0.15, 0.2) is 0 Å². The van der Waals surface area contributed by atoms with Crippen LogP contribution in [0, 0.1) is 0 Å². The van der Waals surface area contributed by atoms with E-state index in [9.17, 15) is 0 Å². The van der Waals surface area contributed by atoms with Crippen LogP contribution in [-0.2, 0) is 0 Å². The Balaban J connectivity index is 3.97. The van der Waals surface area contributed by atoms with E-state index >= 15 is 0 Å². The molecule has 0 spiro atoms. The zero-order valence-electron chi connectivity index (χ0n) is 11.4. The van der Waals surface area contributed by atoms with Gasteiger partial charge >= 0.3 is 0 Å². The molecule has 4 nitrogen and oxygen atoms in total. The van der Waals surface area contributed by atoms with E-state index in [0.29, 0.717) is 6.04 Å². The third kappa shape index (κ3) is 8.05. The van der Waals surface area contributed by atoms with E-state index in [1.54, 1.807) is 0 Å². The molecule has 0 aromatic rings.